The number of carbonyl (C=O) groups is 1. The van der Waals surface area contributed by atoms with Crippen molar-refractivity contribution in [1.82, 2.24) is 5.32 Å². The lowest BCUT2D eigenvalue weighted by molar-refractivity contribution is 0.0484. The van der Waals surface area contributed by atoms with Crippen molar-refractivity contribution in [2.24, 2.45) is 5.41 Å². The monoisotopic (exact) mass is 460 g/mol. The number of hydrogen-bond donors (Lipinski definition) is 2. The Hall–Kier alpha value is -2.91. The van der Waals surface area contributed by atoms with Gasteiger partial charge in [0.15, 0.2) is 0 Å². The summed E-state index contributed by atoms with van der Waals surface area (Å²) in [5.41, 5.74) is 1.15. The van der Waals surface area contributed by atoms with Gasteiger partial charge in [-0.3, -0.25) is 9.10 Å². The summed E-state index contributed by atoms with van der Waals surface area (Å²) in [7, 11) is -2.14. The molecule has 32 heavy (non-hydrogen) atoms. The number of furan rings is 1. The molecule has 1 aliphatic rings. The maximum Gasteiger partial charge on any atom is 0.255 e. The minimum absolute atomic E-state index is 0.204. The summed E-state index contributed by atoms with van der Waals surface area (Å²) in [6.45, 7) is 3.95. The summed E-state index contributed by atoms with van der Waals surface area (Å²) in [6, 6.07) is 8.72. The molecule has 2 N–H and O–H groups in total. The molecule has 7 nitrogen and oxygen atoms in total. The molecule has 0 bridgehead atoms. The summed E-state index contributed by atoms with van der Waals surface area (Å²) in [6.07, 6.45) is 0.601. The van der Waals surface area contributed by atoms with Crippen LogP contribution < -0.4 is 9.62 Å². The van der Waals surface area contributed by atoms with Gasteiger partial charge >= 0.3 is 0 Å². The number of benzene rings is 2. The number of rotatable bonds is 3. The molecule has 0 radical (unpaired) electrons. The number of hydrogen-bond acceptors (Lipinski definition) is 5. The highest BCUT2D eigenvalue weighted by Gasteiger charge is 2.38. The van der Waals surface area contributed by atoms with E-state index in [4.69, 9.17) is 4.42 Å². The number of anilines is 1. The van der Waals surface area contributed by atoms with Crippen molar-refractivity contribution in [2.45, 2.75) is 26.4 Å². The van der Waals surface area contributed by atoms with E-state index in [0.29, 0.717) is 34.2 Å². The second-order valence-electron chi connectivity index (χ2n) is 8.78. The number of sulfonamides is 1. The van der Waals surface area contributed by atoms with Crippen LogP contribution in [0.3, 0.4) is 0 Å². The minimum atomic E-state index is -3.63. The Balaban J connectivity index is 2.06. The molecular weight excluding hydrogens is 435 g/mol. The molecule has 0 saturated carbocycles. The Morgan fingerprint density at radius 3 is 2.50 bits per heavy atom. The Labute approximate surface area is 185 Å². The number of fused-ring (bicyclic) bond motifs is 2. The van der Waals surface area contributed by atoms with Gasteiger partial charge in [-0.1, -0.05) is 13.8 Å². The molecule has 2 heterocycles. The summed E-state index contributed by atoms with van der Waals surface area (Å²) in [5, 5.41) is 14.2. The minimum Gasteiger partial charge on any atom is -0.455 e. The van der Waals surface area contributed by atoms with E-state index in [1.165, 1.54) is 35.6 Å². The zero-order chi connectivity index (χ0) is 23.4. The molecule has 0 fully saturated rings. The number of halogens is 1. The highest BCUT2D eigenvalue weighted by atomic mass is 32.2. The van der Waals surface area contributed by atoms with Crippen molar-refractivity contribution in [3.63, 3.8) is 0 Å². The smallest absolute Gasteiger partial charge is 0.255 e. The molecule has 1 amide bonds. The quantitative estimate of drug-likeness (QED) is 0.619. The zero-order valence-corrected chi connectivity index (χ0v) is 19.1. The van der Waals surface area contributed by atoms with Crippen LogP contribution in [-0.4, -0.2) is 39.3 Å². The highest BCUT2D eigenvalue weighted by Crippen LogP contribution is 2.47. The predicted octanol–water partition coefficient (Wildman–Crippen LogP) is 3.83. The number of aliphatic hydroxyl groups excluding tert-OH is 1. The van der Waals surface area contributed by atoms with Crippen LogP contribution in [-0.2, 0) is 10.0 Å². The van der Waals surface area contributed by atoms with Gasteiger partial charge in [0.1, 0.15) is 17.2 Å². The third-order valence-electron chi connectivity index (χ3n) is 6.06. The van der Waals surface area contributed by atoms with Gasteiger partial charge in [0, 0.05) is 36.2 Å². The molecular formula is C23H25FN2O5S. The van der Waals surface area contributed by atoms with Crippen molar-refractivity contribution in [2.75, 3.05) is 24.2 Å². The van der Waals surface area contributed by atoms with Crippen molar-refractivity contribution in [1.29, 1.82) is 0 Å². The van der Waals surface area contributed by atoms with Crippen LogP contribution >= 0.6 is 0 Å². The van der Waals surface area contributed by atoms with E-state index < -0.39 is 33.3 Å². The first-order valence-corrected chi connectivity index (χ1v) is 12.0. The van der Waals surface area contributed by atoms with E-state index in [1.54, 1.807) is 12.1 Å². The van der Waals surface area contributed by atoms with Gasteiger partial charge in [0.2, 0.25) is 10.0 Å². The summed E-state index contributed by atoms with van der Waals surface area (Å²) in [5.74, 6) is -0.600. The van der Waals surface area contributed by atoms with Crippen molar-refractivity contribution >= 4 is 32.6 Å². The molecule has 2 aromatic carbocycles. The van der Waals surface area contributed by atoms with E-state index in [2.05, 4.69) is 5.32 Å². The van der Waals surface area contributed by atoms with Crippen LogP contribution in [0.4, 0.5) is 10.1 Å². The highest BCUT2D eigenvalue weighted by molar-refractivity contribution is 7.92. The van der Waals surface area contributed by atoms with E-state index in [9.17, 15) is 22.7 Å². The Morgan fingerprint density at radius 1 is 1.25 bits per heavy atom. The molecule has 1 aromatic heterocycles. The van der Waals surface area contributed by atoms with E-state index in [0.717, 1.165) is 6.26 Å². The summed E-state index contributed by atoms with van der Waals surface area (Å²) >= 11 is 0. The molecule has 170 valence electrons. The maximum absolute atomic E-state index is 13.4. The van der Waals surface area contributed by atoms with Gasteiger partial charge < -0.3 is 14.8 Å². The van der Waals surface area contributed by atoms with Gasteiger partial charge in [0.05, 0.1) is 23.6 Å². The molecule has 4 rings (SSSR count). The third-order valence-corrected chi connectivity index (χ3v) is 7.24. The first kappa shape index (κ1) is 22.3. The molecule has 9 heteroatoms. The Kier molecular flexibility index (Phi) is 5.29. The van der Waals surface area contributed by atoms with Crippen LogP contribution in [0.25, 0.3) is 22.3 Å². The van der Waals surface area contributed by atoms with Crippen LogP contribution in [0.1, 0.15) is 42.3 Å². The number of nitrogens with one attached hydrogen (secondary N) is 1. The Bertz CT molecular complexity index is 1310. The molecule has 1 atom stereocenters. The first-order valence-electron chi connectivity index (χ1n) is 10.2. The van der Waals surface area contributed by atoms with Gasteiger partial charge in [-0.15, -0.1) is 0 Å². The lowest BCUT2D eigenvalue weighted by atomic mass is 9.80. The van der Waals surface area contributed by atoms with E-state index in [1.807, 2.05) is 13.8 Å². The Morgan fingerprint density at radius 2 is 1.91 bits per heavy atom. The SMILES string of the molecule is CNC(=O)c1c(-c2ccc(F)cc2)oc2cc3c(cc12)C(O)C(C)(C)CCN3S(C)(=O)=O. The molecule has 1 aliphatic heterocycles. The maximum atomic E-state index is 13.4. The molecule has 0 spiro atoms. The fourth-order valence-electron chi connectivity index (χ4n) is 4.15. The standard InChI is InChI=1S/C23H25FN2O5S/c1-23(2)9-10-26(32(4,29)30)17-12-18-16(11-15(17)21(23)27)19(22(28)25-3)20(31-18)13-5-7-14(24)8-6-13/h5-8,11-12,21,27H,9-10H2,1-4H3,(H,25,28). The van der Waals surface area contributed by atoms with Crippen molar-refractivity contribution in [3.05, 3.63) is 53.3 Å². The van der Waals surface area contributed by atoms with E-state index in [-0.39, 0.29) is 17.9 Å². The third kappa shape index (κ3) is 3.65. The van der Waals surface area contributed by atoms with Gasteiger partial charge in [-0.25, -0.2) is 12.8 Å². The van der Waals surface area contributed by atoms with Crippen molar-refractivity contribution < 1.29 is 27.1 Å². The second-order valence-corrected chi connectivity index (χ2v) is 10.7. The molecule has 1 unspecified atom stereocenters. The largest absolute Gasteiger partial charge is 0.455 e. The van der Waals surface area contributed by atoms with E-state index >= 15 is 0 Å². The molecule has 3 aromatic rings. The average molecular weight is 461 g/mol. The lowest BCUT2D eigenvalue weighted by Gasteiger charge is -2.28. The van der Waals surface area contributed by atoms with Crippen LogP contribution in [0.2, 0.25) is 0 Å². The van der Waals surface area contributed by atoms with Gasteiger partial charge in [-0.2, -0.15) is 0 Å². The number of amides is 1. The molecule has 0 aliphatic carbocycles. The first-order chi connectivity index (χ1) is 14.9. The van der Waals surface area contributed by atoms with Gasteiger partial charge in [0.25, 0.3) is 5.91 Å². The van der Waals surface area contributed by atoms with Gasteiger partial charge in [-0.05, 0) is 42.2 Å². The van der Waals surface area contributed by atoms with Crippen LogP contribution in [0.5, 0.6) is 0 Å². The average Bonchev–Trinajstić information content (AvgIpc) is 3.05. The second kappa shape index (κ2) is 7.60. The number of carbonyl (C=O) groups excluding carboxylic acids is 1. The zero-order valence-electron chi connectivity index (χ0n) is 18.3. The lowest BCUT2D eigenvalue weighted by Crippen LogP contribution is -2.31. The number of nitrogens with zero attached hydrogens (tertiary/aromatic N) is 1. The fraction of sp³-hybridized carbons (Fsp3) is 0.348. The predicted molar refractivity (Wildman–Crippen MR) is 121 cm³/mol. The van der Waals surface area contributed by atoms with Crippen molar-refractivity contribution in [3.8, 4) is 11.3 Å². The normalized spacial score (nSPS) is 18.3. The summed E-state index contributed by atoms with van der Waals surface area (Å²) in [4.78, 5) is 12.8. The van der Waals surface area contributed by atoms with Crippen LogP contribution in [0, 0.1) is 11.2 Å². The molecule has 0 saturated heterocycles. The summed E-state index contributed by atoms with van der Waals surface area (Å²) < 4.78 is 45.8. The fourth-order valence-corrected chi connectivity index (χ4v) is 5.09. The topological polar surface area (TPSA) is 99.8 Å². The number of aliphatic hydroxyl groups is 1. The van der Waals surface area contributed by atoms with Crippen LogP contribution in [0.15, 0.2) is 40.8 Å².